The molecule has 3 heteroatoms. The fourth-order valence-corrected chi connectivity index (χ4v) is 2.07. The van der Waals surface area contributed by atoms with E-state index in [1.807, 2.05) is 23.1 Å². The first kappa shape index (κ1) is 16.7. The monoisotopic (exact) mass is 276 g/mol. The number of carbonyl (C=O) groups is 1. The third-order valence-corrected chi connectivity index (χ3v) is 3.35. The van der Waals surface area contributed by atoms with Gasteiger partial charge in [-0.3, -0.25) is 4.79 Å². The van der Waals surface area contributed by atoms with Crippen LogP contribution in [0.5, 0.6) is 0 Å². The van der Waals surface area contributed by atoms with Gasteiger partial charge in [-0.2, -0.15) is 0 Å². The SMILES string of the molecule is CC(C)(C)CCC(=O)N(CCN)CCc1ccccc1. The van der Waals surface area contributed by atoms with Crippen molar-refractivity contribution in [2.45, 2.75) is 40.0 Å². The molecule has 1 aromatic rings. The Morgan fingerprint density at radius 3 is 2.35 bits per heavy atom. The highest BCUT2D eigenvalue weighted by atomic mass is 16.2. The van der Waals surface area contributed by atoms with Gasteiger partial charge in [0.2, 0.25) is 5.91 Å². The molecule has 2 N–H and O–H groups in total. The van der Waals surface area contributed by atoms with Gasteiger partial charge in [0.25, 0.3) is 0 Å². The molecule has 1 amide bonds. The lowest BCUT2D eigenvalue weighted by Gasteiger charge is -2.24. The van der Waals surface area contributed by atoms with Crippen LogP contribution in [0.15, 0.2) is 30.3 Å². The fourth-order valence-electron chi connectivity index (χ4n) is 2.07. The zero-order valence-corrected chi connectivity index (χ0v) is 13.1. The van der Waals surface area contributed by atoms with Gasteiger partial charge in [-0.15, -0.1) is 0 Å². The molecule has 0 bridgehead atoms. The van der Waals surface area contributed by atoms with Gasteiger partial charge in [0.05, 0.1) is 0 Å². The van der Waals surface area contributed by atoms with Crippen molar-refractivity contribution in [1.29, 1.82) is 0 Å². The molecule has 0 fully saturated rings. The molecular weight excluding hydrogens is 248 g/mol. The van der Waals surface area contributed by atoms with Crippen molar-refractivity contribution in [3.8, 4) is 0 Å². The molecule has 0 aromatic heterocycles. The van der Waals surface area contributed by atoms with Gasteiger partial charge < -0.3 is 10.6 Å². The first-order valence-corrected chi connectivity index (χ1v) is 7.44. The van der Waals surface area contributed by atoms with E-state index in [0.717, 1.165) is 19.4 Å². The maximum Gasteiger partial charge on any atom is 0.222 e. The van der Waals surface area contributed by atoms with E-state index >= 15 is 0 Å². The Bertz CT molecular complexity index is 395. The van der Waals surface area contributed by atoms with Crippen LogP contribution in [0.2, 0.25) is 0 Å². The van der Waals surface area contributed by atoms with E-state index in [9.17, 15) is 4.79 Å². The highest BCUT2D eigenvalue weighted by molar-refractivity contribution is 5.76. The van der Waals surface area contributed by atoms with Gasteiger partial charge in [-0.1, -0.05) is 51.1 Å². The summed E-state index contributed by atoms with van der Waals surface area (Å²) in [6.45, 7) is 8.42. The molecule has 0 atom stereocenters. The van der Waals surface area contributed by atoms with E-state index in [0.29, 0.717) is 19.5 Å². The van der Waals surface area contributed by atoms with E-state index in [1.165, 1.54) is 5.56 Å². The van der Waals surface area contributed by atoms with Crippen LogP contribution in [-0.4, -0.2) is 30.4 Å². The average molecular weight is 276 g/mol. The molecule has 112 valence electrons. The predicted molar refractivity (Wildman–Crippen MR) is 84.5 cm³/mol. The number of nitrogens with two attached hydrogens (primary N) is 1. The zero-order valence-electron chi connectivity index (χ0n) is 13.1. The lowest BCUT2D eigenvalue weighted by Crippen LogP contribution is -2.37. The summed E-state index contributed by atoms with van der Waals surface area (Å²) in [5.74, 6) is 0.223. The van der Waals surface area contributed by atoms with Crippen LogP contribution >= 0.6 is 0 Å². The quantitative estimate of drug-likeness (QED) is 0.832. The lowest BCUT2D eigenvalue weighted by atomic mass is 9.90. The molecule has 3 nitrogen and oxygen atoms in total. The third-order valence-electron chi connectivity index (χ3n) is 3.35. The van der Waals surface area contributed by atoms with Crippen LogP contribution in [0.25, 0.3) is 0 Å². The molecule has 1 aromatic carbocycles. The van der Waals surface area contributed by atoms with Crippen LogP contribution in [-0.2, 0) is 11.2 Å². The van der Waals surface area contributed by atoms with Gasteiger partial charge in [-0.05, 0) is 23.8 Å². The Kier molecular flexibility index (Phi) is 6.73. The van der Waals surface area contributed by atoms with Crippen LogP contribution < -0.4 is 5.73 Å². The number of rotatable bonds is 7. The second-order valence-electron chi connectivity index (χ2n) is 6.47. The summed E-state index contributed by atoms with van der Waals surface area (Å²) >= 11 is 0. The Morgan fingerprint density at radius 2 is 1.80 bits per heavy atom. The second-order valence-corrected chi connectivity index (χ2v) is 6.47. The second kappa shape index (κ2) is 8.05. The van der Waals surface area contributed by atoms with Crippen LogP contribution in [0, 0.1) is 5.41 Å². The van der Waals surface area contributed by atoms with E-state index in [-0.39, 0.29) is 11.3 Å². The summed E-state index contributed by atoms with van der Waals surface area (Å²) in [5, 5.41) is 0. The van der Waals surface area contributed by atoms with E-state index < -0.39 is 0 Å². The van der Waals surface area contributed by atoms with Gasteiger partial charge in [-0.25, -0.2) is 0 Å². The Balaban J connectivity index is 2.49. The van der Waals surface area contributed by atoms with Crippen molar-refractivity contribution in [2.24, 2.45) is 11.1 Å². The molecule has 0 heterocycles. The Morgan fingerprint density at radius 1 is 1.15 bits per heavy atom. The predicted octanol–water partition coefficient (Wildman–Crippen LogP) is 2.84. The van der Waals surface area contributed by atoms with Gasteiger partial charge in [0.15, 0.2) is 0 Å². The summed E-state index contributed by atoms with van der Waals surface area (Å²) in [6, 6.07) is 10.3. The number of carbonyl (C=O) groups excluding carboxylic acids is 1. The van der Waals surface area contributed by atoms with Crippen molar-refractivity contribution < 1.29 is 4.79 Å². The Hall–Kier alpha value is -1.35. The molecule has 0 aliphatic heterocycles. The first-order valence-electron chi connectivity index (χ1n) is 7.44. The molecule has 0 aliphatic rings. The number of hydrogen-bond acceptors (Lipinski definition) is 2. The van der Waals surface area contributed by atoms with E-state index in [1.54, 1.807) is 0 Å². The molecule has 1 rings (SSSR count). The van der Waals surface area contributed by atoms with Crippen molar-refractivity contribution in [2.75, 3.05) is 19.6 Å². The minimum atomic E-state index is 0.198. The maximum absolute atomic E-state index is 12.3. The molecule has 0 spiro atoms. The summed E-state index contributed by atoms with van der Waals surface area (Å²) < 4.78 is 0. The van der Waals surface area contributed by atoms with Gasteiger partial charge in [0, 0.05) is 26.1 Å². The van der Waals surface area contributed by atoms with Crippen molar-refractivity contribution in [3.05, 3.63) is 35.9 Å². The summed E-state index contributed by atoms with van der Waals surface area (Å²) in [5.41, 5.74) is 7.08. The topological polar surface area (TPSA) is 46.3 Å². The highest BCUT2D eigenvalue weighted by Gasteiger charge is 2.17. The van der Waals surface area contributed by atoms with Crippen LogP contribution in [0.1, 0.15) is 39.2 Å². The zero-order chi connectivity index (χ0) is 15.0. The summed E-state index contributed by atoms with van der Waals surface area (Å²) in [6.07, 6.45) is 2.42. The largest absolute Gasteiger partial charge is 0.341 e. The molecule has 0 aliphatic carbocycles. The first-order chi connectivity index (χ1) is 9.42. The normalized spacial score (nSPS) is 11.4. The molecule has 0 radical (unpaired) electrons. The Labute approximate surface area is 123 Å². The minimum Gasteiger partial charge on any atom is -0.341 e. The van der Waals surface area contributed by atoms with Crippen molar-refractivity contribution in [3.63, 3.8) is 0 Å². The number of nitrogens with zero attached hydrogens (tertiary/aromatic N) is 1. The standard InChI is InChI=1S/C17H28N2O/c1-17(2,3)11-9-16(20)19(14-12-18)13-10-15-7-5-4-6-8-15/h4-8H,9-14,18H2,1-3H3. The molecule has 0 saturated heterocycles. The summed E-state index contributed by atoms with van der Waals surface area (Å²) in [4.78, 5) is 14.2. The average Bonchev–Trinajstić information content (AvgIpc) is 2.41. The van der Waals surface area contributed by atoms with E-state index in [2.05, 4.69) is 32.9 Å². The smallest absolute Gasteiger partial charge is 0.222 e. The van der Waals surface area contributed by atoms with Crippen LogP contribution in [0.4, 0.5) is 0 Å². The molecule has 0 unspecified atom stereocenters. The maximum atomic E-state index is 12.3. The lowest BCUT2D eigenvalue weighted by molar-refractivity contribution is -0.131. The number of benzene rings is 1. The highest BCUT2D eigenvalue weighted by Crippen LogP contribution is 2.21. The number of amides is 1. The third kappa shape index (κ3) is 6.71. The van der Waals surface area contributed by atoms with Crippen molar-refractivity contribution in [1.82, 2.24) is 4.90 Å². The molecule has 0 saturated carbocycles. The number of hydrogen-bond donors (Lipinski definition) is 1. The molecule has 20 heavy (non-hydrogen) atoms. The fraction of sp³-hybridized carbons (Fsp3) is 0.588. The van der Waals surface area contributed by atoms with Gasteiger partial charge in [0.1, 0.15) is 0 Å². The van der Waals surface area contributed by atoms with Crippen molar-refractivity contribution >= 4 is 5.91 Å². The summed E-state index contributed by atoms with van der Waals surface area (Å²) in [7, 11) is 0. The van der Waals surface area contributed by atoms with E-state index in [4.69, 9.17) is 5.73 Å². The van der Waals surface area contributed by atoms with Gasteiger partial charge >= 0.3 is 0 Å². The minimum absolute atomic E-state index is 0.198. The molecular formula is C17H28N2O. The van der Waals surface area contributed by atoms with Crippen LogP contribution in [0.3, 0.4) is 0 Å².